The second-order valence-corrected chi connectivity index (χ2v) is 3.43. The summed E-state index contributed by atoms with van der Waals surface area (Å²) in [5.74, 6) is 0. The van der Waals surface area contributed by atoms with Gasteiger partial charge < -0.3 is 10.0 Å². The zero-order chi connectivity index (χ0) is 10.6. The summed E-state index contributed by atoms with van der Waals surface area (Å²) < 4.78 is 0. The van der Waals surface area contributed by atoms with Crippen LogP contribution in [0.4, 0.5) is 5.69 Å². The summed E-state index contributed by atoms with van der Waals surface area (Å²) in [5, 5.41) is 9.39. The van der Waals surface area contributed by atoms with E-state index in [2.05, 4.69) is 9.88 Å². The van der Waals surface area contributed by atoms with Gasteiger partial charge in [0.05, 0.1) is 18.0 Å². The molecule has 1 aromatic rings. The van der Waals surface area contributed by atoms with Crippen LogP contribution < -0.4 is 4.90 Å². The average Bonchev–Trinajstić information content (AvgIpc) is 2.15. The zero-order valence-electron chi connectivity index (χ0n) is 8.50. The van der Waals surface area contributed by atoms with Gasteiger partial charge in [0.25, 0.3) is 0 Å². The van der Waals surface area contributed by atoms with E-state index in [0.29, 0.717) is 11.7 Å². The Kier molecular flexibility index (Phi) is 4.17. The molecule has 3 nitrogen and oxygen atoms in total. The largest absolute Gasteiger partial charge is 0.395 e. The lowest BCUT2D eigenvalue weighted by Gasteiger charge is -2.23. The summed E-state index contributed by atoms with van der Waals surface area (Å²) in [7, 11) is 0. The van der Waals surface area contributed by atoms with Gasteiger partial charge in [-0.3, -0.25) is 0 Å². The van der Waals surface area contributed by atoms with Crippen molar-refractivity contribution >= 4 is 17.3 Å². The minimum absolute atomic E-state index is 0.149. The molecular formula is C10H15ClN2O. The summed E-state index contributed by atoms with van der Waals surface area (Å²) in [4.78, 5) is 6.23. The van der Waals surface area contributed by atoms with E-state index in [9.17, 15) is 0 Å². The van der Waals surface area contributed by atoms with Crippen molar-refractivity contribution in [1.29, 1.82) is 0 Å². The number of rotatable bonds is 4. The highest BCUT2D eigenvalue weighted by Crippen LogP contribution is 2.19. The third-order valence-corrected chi connectivity index (χ3v) is 2.33. The maximum Gasteiger partial charge on any atom is 0.129 e. The van der Waals surface area contributed by atoms with E-state index in [1.807, 2.05) is 19.9 Å². The standard InChI is InChI=1S/C10H15ClN2O/c1-3-13(6-7-14)9-4-5-10(11)12-8(9)2/h4-5,14H,3,6-7H2,1-2H3. The van der Waals surface area contributed by atoms with Crippen molar-refractivity contribution in [3.8, 4) is 0 Å². The molecule has 78 valence electrons. The third kappa shape index (κ3) is 2.59. The van der Waals surface area contributed by atoms with Gasteiger partial charge in [-0.25, -0.2) is 4.98 Å². The molecule has 0 saturated heterocycles. The van der Waals surface area contributed by atoms with E-state index in [4.69, 9.17) is 16.7 Å². The number of aliphatic hydroxyl groups is 1. The van der Waals surface area contributed by atoms with E-state index in [-0.39, 0.29) is 6.61 Å². The molecule has 0 atom stereocenters. The predicted octanol–water partition coefficient (Wildman–Crippen LogP) is 1.86. The molecule has 1 aromatic heterocycles. The van der Waals surface area contributed by atoms with Crippen LogP contribution in [0.3, 0.4) is 0 Å². The predicted molar refractivity (Wildman–Crippen MR) is 59.0 cm³/mol. The van der Waals surface area contributed by atoms with Crippen LogP contribution in [0, 0.1) is 6.92 Å². The number of nitrogens with zero attached hydrogens (tertiary/aromatic N) is 2. The lowest BCUT2D eigenvalue weighted by atomic mass is 10.3. The average molecular weight is 215 g/mol. The van der Waals surface area contributed by atoms with Gasteiger partial charge in [0.15, 0.2) is 0 Å². The van der Waals surface area contributed by atoms with Crippen molar-refractivity contribution in [1.82, 2.24) is 4.98 Å². The van der Waals surface area contributed by atoms with Gasteiger partial charge in [0, 0.05) is 13.1 Å². The Morgan fingerprint density at radius 3 is 2.71 bits per heavy atom. The molecule has 0 unspecified atom stereocenters. The smallest absolute Gasteiger partial charge is 0.129 e. The first-order valence-electron chi connectivity index (χ1n) is 4.68. The van der Waals surface area contributed by atoms with Crippen molar-refractivity contribution in [2.45, 2.75) is 13.8 Å². The third-order valence-electron chi connectivity index (χ3n) is 2.12. The number of anilines is 1. The monoisotopic (exact) mass is 214 g/mol. The molecule has 14 heavy (non-hydrogen) atoms. The minimum Gasteiger partial charge on any atom is -0.395 e. The molecule has 0 aliphatic rings. The van der Waals surface area contributed by atoms with Gasteiger partial charge in [-0.2, -0.15) is 0 Å². The van der Waals surface area contributed by atoms with Crippen molar-refractivity contribution < 1.29 is 5.11 Å². The maximum atomic E-state index is 8.89. The van der Waals surface area contributed by atoms with E-state index in [1.54, 1.807) is 6.07 Å². The number of aliphatic hydroxyl groups excluding tert-OH is 1. The fourth-order valence-electron chi connectivity index (χ4n) is 1.43. The Labute approximate surface area is 89.3 Å². The Bertz CT molecular complexity index is 304. The Balaban J connectivity index is 2.92. The molecule has 1 heterocycles. The molecule has 0 aromatic carbocycles. The van der Waals surface area contributed by atoms with Crippen LogP contribution in [-0.2, 0) is 0 Å². The zero-order valence-corrected chi connectivity index (χ0v) is 9.25. The highest BCUT2D eigenvalue weighted by atomic mass is 35.5. The quantitative estimate of drug-likeness (QED) is 0.778. The molecule has 1 rings (SSSR count). The fourth-order valence-corrected chi connectivity index (χ4v) is 1.62. The normalized spacial score (nSPS) is 10.3. The van der Waals surface area contributed by atoms with Gasteiger partial charge in [0.2, 0.25) is 0 Å². The number of hydrogen-bond donors (Lipinski definition) is 1. The molecular weight excluding hydrogens is 200 g/mol. The van der Waals surface area contributed by atoms with Crippen LogP contribution in [0.2, 0.25) is 5.15 Å². The molecule has 0 fully saturated rings. The van der Waals surface area contributed by atoms with Crippen molar-refractivity contribution in [2.75, 3.05) is 24.6 Å². The van der Waals surface area contributed by atoms with Gasteiger partial charge >= 0.3 is 0 Å². The molecule has 0 amide bonds. The topological polar surface area (TPSA) is 36.4 Å². The van der Waals surface area contributed by atoms with E-state index >= 15 is 0 Å². The lowest BCUT2D eigenvalue weighted by Crippen LogP contribution is -2.27. The minimum atomic E-state index is 0.149. The highest BCUT2D eigenvalue weighted by molar-refractivity contribution is 6.29. The summed E-state index contributed by atoms with van der Waals surface area (Å²) >= 11 is 5.76. The Morgan fingerprint density at radius 2 is 2.21 bits per heavy atom. The molecule has 0 aliphatic heterocycles. The van der Waals surface area contributed by atoms with E-state index < -0.39 is 0 Å². The van der Waals surface area contributed by atoms with E-state index in [0.717, 1.165) is 17.9 Å². The second kappa shape index (κ2) is 5.17. The number of likely N-dealkylation sites (N-methyl/N-ethyl adjacent to an activating group) is 1. The maximum absolute atomic E-state index is 8.89. The molecule has 0 spiro atoms. The van der Waals surface area contributed by atoms with Crippen LogP contribution >= 0.6 is 11.6 Å². The molecule has 0 aliphatic carbocycles. The second-order valence-electron chi connectivity index (χ2n) is 3.04. The molecule has 0 bridgehead atoms. The SMILES string of the molecule is CCN(CCO)c1ccc(Cl)nc1C. The van der Waals surface area contributed by atoms with Crippen molar-refractivity contribution in [3.63, 3.8) is 0 Å². The number of hydrogen-bond acceptors (Lipinski definition) is 3. The van der Waals surface area contributed by atoms with Crippen molar-refractivity contribution in [2.24, 2.45) is 0 Å². The lowest BCUT2D eigenvalue weighted by molar-refractivity contribution is 0.302. The first-order valence-corrected chi connectivity index (χ1v) is 5.05. The molecule has 0 saturated carbocycles. The van der Waals surface area contributed by atoms with Crippen molar-refractivity contribution in [3.05, 3.63) is 23.0 Å². The first-order chi connectivity index (χ1) is 6.69. The van der Waals surface area contributed by atoms with Crippen LogP contribution in [0.15, 0.2) is 12.1 Å². The highest BCUT2D eigenvalue weighted by Gasteiger charge is 2.07. The van der Waals surface area contributed by atoms with Crippen LogP contribution in [-0.4, -0.2) is 29.8 Å². The van der Waals surface area contributed by atoms with Gasteiger partial charge in [-0.15, -0.1) is 0 Å². The van der Waals surface area contributed by atoms with Gasteiger partial charge in [-0.1, -0.05) is 11.6 Å². The number of aryl methyl sites for hydroxylation is 1. The van der Waals surface area contributed by atoms with Gasteiger partial charge in [-0.05, 0) is 26.0 Å². The summed E-state index contributed by atoms with van der Waals surface area (Å²) in [6, 6.07) is 3.70. The van der Waals surface area contributed by atoms with E-state index in [1.165, 1.54) is 0 Å². The molecule has 4 heteroatoms. The summed E-state index contributed by atoms with van der Waals surface area (Å²) in [6.07, 6.45) is 0. The Hall–Kier alpha value is -0.800. The van der Waals surface area contributed by atoms with Crippen LogP contribution in [0.1, 0.15) is 12.6 Å². The van der Waals surface area contributed by atoms with Crippen LogP contribution in [0.5, 0.6) is 0 Å². The number of pyridine rings is 1. The molecule has 0 radical (unpaired) electrons. The fraction of sp³-hybridized carbons (Fsp3) is 0.500. The number of halogens is 1. The Morgan fingerprint density at radius 1 is 1.50 bits per heavy atom. The number of aromatic nitrogens is 1. The molecule has 1 N–H and O–H groups in total. The first kappa shape index (κ1) is 11.3. The summed E-state index contributed by atoms with van der Waals surface area (Å²) in [5.41, 5.74) is 1.93. The summed E-state index contributed by atoms with van der Waals surface area (Å²) in [6.45, 7) is 5.59. The van der Waals surface area contributed by atoms with Crippen LogP contribution in [0.25, 0.3) is 0 Å². The van der Waals surface area contributed by atoms with Gasteiger partial charge in [0.1, 0.15) is 5.15 Å².